The first-order valence-corrected chi connectivity index (χ1v) is 20.5. The van der Waals surface area contributed by atoms with Crippen LogP contribution in [0, 0.1) is 0 Å². The number of esters is 1. The quantitative estimate of drug-likeness (QED) is 0.0460. The number of aliphatic hydroxyl groups is 9. The van der Waals surface area contributed by atoms with E-state index in [9.17, 15) is 71.2 Å². The third-order valence-electron chi connectivity index (χ3n) is 11.2. The first-order valence-electron chi connectivity index (χ1n) is 20.5. The summed E-state index contributed by atoms with van der Waals surface area (Å²) >= 11 is 0. The standard InChI is InChI=1S/C43H50O24/c1-58-25-7-16(8-26(59-2)32(25)52)3-6-30(50)66-39-31(51)22(49)15-60-42(39)67-40-36(56)34(54)29(14-45)65-43(40)63-27-12-19-23(61-38(27)17-4-5-20(47)21(48)9-17)10-18(46)11-24(19)62-41-37(57)35(55)33(53)28(13-44)64-41/h3-12,22,28-29,31,33-49,51-57H,13-15H2,1-2H3. The van der Waals surface area contributed by atoms with Gasteiger partial charge in [-0.3, -0.25) is 0 Å². The van der Waals surface area contributed by atoms with Crippen LogP contribution in [0.25, 0.3) is 12.2 Å². The lowest BCUT2D eigenvalue weighted by molar-refractivity contribution is -0.353. The van der Waals surface area contributed by atoms with Gasteiger partial charge in [-0.1, -0.05) is 6.07 Å². The average molecular weight is 951 g/mol. The summed E-state index contributed by atoms with van der Waals surface area (Å²) in [5.74, 6) is -3.65. The molecular weight excluding hydrogens is 900 g/mol. The first kappa shape index (κ1) is 49.2. The summed E-state index contributed by atoms with van der Waals surface area (Å²) < 4.78 is 57.3. The predicted octanol–water partition coefficient (Wildman–Crippen LogP) is -2.28. The molecule has 4 heterocycles. The number of aliphatic hydroxyl groups excluding tert-OH is 9. The third-order valence-corrected chi connectivity index (χ3v) is 11.2. The second-order valence-electron chi connectivity index (χ2n) is 15.7. The molecule has 3 aromatic rings. The SMILES string of the molecule is COc1cc(C=CC(=O)OC2C(OC3C(OC4=Cc5c(cc(O)cc5OC5OC(CO)C(O)C(O)C5O)OC4c4ccc(O)c(O)c4)OC(CO)C(O)C3O)OCC(O)C2O)cc(OC)c1O. The highest BCUT2D eigenvalue weighted by molar-refractivity contribution is 5.87. The van der Waals surface area contributed by atoms with Crippen molar-refractivity contribution in [1.82, 2.24) is 0 Å². The number of benzene rings is 3. The topological polar surface area (TPSA) is 372 Å². The lowest BCUT2D eigenvalue weighted by atomic mass is 9.97. The molecule has 3 fully saturated rings. The highest BCUT2D eigenvalue weighted by Crippen LogP contribution is 2.47. The summed E-state index contributed by atoms with van der Waals surface area (Å²) in [6, 6.07) is 8.52. The summed E-state index contributed by atoms with van der Waals surface area (Å²) in [6.45, 7) is -2.26. The Labute approximate surface area is 379 Å². The first-order chi connectivity index (χ1) is 32.0. The van der Waals surface area contributed by atoms with Gasteiger partial charge in [0.25, 0.3) is 0 Å². The van der Waals surface area contributed by atoms with Crippen molar-refractivity contribution in [2.24, 2.45) is 0 Å². The molecule has 3 saturated heterocycles. The van der Waals surface area contributed by atoms with E-state index in [0.29, 0.717) is 5.56 Å². The number of rotatable bonds is 14. The van der Waals surface area contributed by atoms with Gasteiger partial charge in [0, 0.05) is 23.8 Å². The van der Waals surface area contributed by atoms with Crippen LogP contribution in [0.3, 0.4) is 0 Å². The molecule has 0 bridgehead atoms. The number of hydrogen-bond donors (Lipinski definition) is 13. The zero-order chi connectivity index (χ0) is 48.4. The fourth-order valence-corrected chi connectivity index (χ4v) is 7.59. The van der Waals surface area contributed by atoms with Crippen LogP contribution in [-0.2, 0) is 33.2 Å². The minimum atomic E-state index is -2.00. The van der Waals surface area contributed by atoms with Crippen molar-refractivity contribution in [3.05, 3.63) is 71.0 Å². The van der Waals surface area contributed by atoms with E-state index in [1.165, 1.54) is 44.6 Å². The molecule has 3 aromatic carbocycles. The number of carbonyl (C=O) groups excluding carboxylic acids is 1. The number of fused-ring (bicyclic) bond motifs is 1. The van der Waals surface area contributed by atoms with Crippen molar-refractivity contribution >= 4 is 18.1 Å². The van der Waals surface area contributed by atoms with Gasteiger partial charge < -0.3 is 114 Å². The molecule has 0 spiro atoms. The Balaban J connectivity index is 1.22. The Morgan fingerprint density at radius 2 is 1.36 bits per heavy atom. The Hall–Kier alpha value is -5.71. The van der Waals surface area contributed by atoms with E-state index in [1.807, 2.05) is 0 Å². The number of hydrogen-bond acceptors (Lipinski definition) is 24. The molecule has 15 unspecified atom stereocenters. The van der Waals surface area contributed by atoms with Crippen LogP contribution in [-0.4, -0.2) is 192 Å². The largest absolute Gasteiger partial charge is 0.508 e. The molecule has 24 heteroatoms. The summed E-state index contributed by atoms with van der Waals surface area (Å²) in [6.07, 6.45) is -23.0. The number of carbonyl (C=O) groups is 1. The number of phenols is 4. The van der Waals surface area contributed by atoms with Gasteiger partial charge in [-0.15, -0.1) is 0 Å². The van der Waals surface area contributed by atoms with E-state index in [4.69, 9.17) is 47.4 Å². The van der Waals surface area contributed by atoms with Crippen LogP contribution in [0.15, 0.2) is 54.3 Å². The molecule has 0 amide bonds. The van der Waals surface area contributed by atoms with E-state index in [2.05, 4.69) is 0 Å². The Kier molecular flexibility index (Phi) is 15.2. The van der Waals surface area contributed by atoms with Gasteiger partial charge in [0.2, 0.25) is 18.3 Å². The fourth-order valence-electron chi connectivity index (χ4n) is 7.59. The molecule has 13 N–H and O–H groups in total. The van der Waals surface area contributed by atoms with Gasteiger partial charge in [-0.25, -0.2) is 4.79 Å². The Morgan fingerprint density at radius 1 is 0.701 bits per heavy atom. The maximum atomic E-state index is 13.2. The summed E-state index contributed by atoms with van der Waals surface area (Å²) in [4.78, 5) is 13.2. The zero-order valence-electron chi connectivity index (χ0n) is 35.4. The minimum Gasteiger partial charge on any atom is -0.508 e. The van der Waals surface area contributed by atoms with Gasteiger partial charge in [0.15, 0.2) is 47.6 Å². The maximum absolute atomic E-state index is 13.2. The van der Waals surface area contributed by atoms with Crippen LogP contribution in [0.2, 0.25) is 0 Å². The lowest BCUT2D eigenvalue weighted by Crippen LogP contribution is -2.63. The molecule has 15 atom stereocenters. The molecule has 4 aliphatic heterocycles. The fraction of sp³-hybridized carbons (Fsp3) is 0.465. The highest BCUT2D eigenvalue weighted by atomic mass is 16.8. The zero-order valence-corrected chi connectivity index (χ0v) is 35.4. The Bertz CT molecular complexity index is 2260. The van der Waals surface area contributed by atoms with E-state index < -0.39 is 135 Å². The molecule has 67 heavy (non-hydrogen) atoms. The van der Waals surface area contributed by atoms with Gasteiger partial charge in [0.05, 0.1) is 39.6 Å². The third kappa shape index (κ3) is 10.3. The predicted molar refractivity (Wildman–Crippen MR) is 219 cm³/mol. The molecule has 7 rings (SSSR count). The van der Waals surface area contributed by atoms with E-state index in [1.54, 1.807) is 0 Å². The molecule has 0 saturated carbocycles. The van der Waals surface area contributed by atoms with Gasteiger partial charge in [-0.05, 0) is 42.0 Å². The second-order valence-corrected chi connectivity index (χ2v) is 15.7. The second kappa shape index (κ2) is 20.7. The van der Waals surface area contributed by atoms with Crippen molar-refractivity contribution in [2.75, 3.05) is 34.0 Å². The summed E-state index contributed by atoms with van der Waals surface area (Å²) in [5.41, 5.74) is 0.352. The molecule has 366 valence electrons. The highest BCUT2D eigenvalue weighted by Gasteiger charge is 2.52. The van der Waals surface area contributed by atoms with Gasteiger partial charge in [0.1, 0.15) is 77.9 Å². The molecule has 24 nitrogen and oxygen atoms in total. The number of methoxy groups -OCH3 is 2. The molecule has 0 radical (unpaired) electrons. The smallest absolute Gasteiger partial charge is 0.331 e. The van der Waals surface area contributed by atoms with Crippen LogP contribution in [0.5, 0.6) is 46.0 Å². The van der Waals surface area contributed by atoms with E-state index >= 15 is 0 Å². The molecule has 0 aromatic heterocycles. The van der Waals surface area contributed by atoms with Crippen molar-refractivity contribution in [3.8, 4) is 46.0 Å². The maximum Gasteiger partial charge on any atom is 0.331 e. The number of phenolic OH excluding ortho intramolecular Hbond substituents is 4. The van der Waals surface area contributed by atoms with Crippen molar-refractivity contribution in [1.29, 1.82) is 0 Å². The monoisotopic (exact) mass is 950 g/mol. The summed E-state index contributed by atoms with van der Waals surface area (Å²) in [5, 5.41) is 137. The van der Waals surface area contributed by atoms with E-state index in [-0.39, 0.29) is 45.6 Å². The minimum absolute atomic E-state index is 0.0177. The molecular formula is C43H50O24. The van der Waals surface area contributed by atoms with Crippen molar-refractivity contribution < 1.29 is 119 Å². The van der Waals surface area contributed by atoms with Gasteiger partial charge in [-0.2, -0.15) is 0 Å². The lowest BCUT2D eigenvalue weighted by Gasteiger charge is -2.45. The summed E-state index contributed by atoms with van der Waals surface area (Å²) in [7, 11) is 2.60. The van der Waals surface area contributed by atoms with Crippen LogP contribution in [0.1, 0.15) is 22.8 Å². The van der Waals surface area contributed by atoms with Crippen LogP contribution < -0.4 is 18.9 Å². The van der Waals surface area contributed by atoms with E-state index in [0.717, 1.165) is 30.3 Å². The normalized spacial score (nSPS) is 32.9. The number of aromatic hydroxyl groups is 4. The van der Waals surface area contributed by atoms with Gasteiger partial charge >= 0.3 is 5.97 Å². The van der Waals surface area contributed by atoms with Crippen LogP contribution >= 0.6 is 0 Å². The van der Waals surface area contributed by atoms with Crippen molar-refractivity contribution in [2.45, 2.75) is 92.1 Å². The average Bonchev–Trinajstić information content (AvgIpc) is 3.31. The Morgan fingerprint density at radius 3 is 2.00 bits per heavy atom. The van der Waals surface area contributed by atoms with Crippen LogP contribution in [0.4, 0.5) is 0 Å². The van der Waals surface area contributed by atoms with Crippen molar-refractivity contribution in [3.63, 3.8) is 0 Å². The molecule has 4 aliphatic rings. The molecule has 0 aliphatic carbocycles. The number of ether oxygens (including phenoxy) is 10.